The summed E-state index contributed by atoms with van der Waals surface area (Å²) < 4.78 is 5.63. The average molecular weight is 258 g/mol. The lowest BCUT2D eigenvalue weighted by Crippen LogP contribution is -2.14. The third-order valence-electron chi connectivity index (χ3n) is 3.26. The van der Waals surface area contributed by atoms with Gasteiger partial charge < -0.3 is 9.73 Å². The second kappa shape index (κ2) is 6.02. The normalized spacial score (nSPS) is 10.9. The van der Waals surface area contributed by atoms with Gasteiger partial charge in [0.2, 0.25) is 0 Å². The van der Waals surface area contributed by atoms with Crippen molar-refractivity contribution in [3.05, 3.63) is 40.9 Å². The van der Waals surface area contributed by atoms with Crippen LogP contribution in [0, 0.1) is 20.8 Å². The minimum Gasteiger partial charge on any atom is -0.443 e. The van der Waals surface area contributed by atoms with Crippen molar-refractivity contribution in [3.8, 4) is 11.3 Å². The summed E-state index contributed by atoms with van der Waals surface area (Å²) in [4.78, 5) is 4.34. The van der Waals surface area contributed by atoms with E-state index in [0.717, 1.165) is 31.0 Å². The molecule has 0 aliphatic rings. The third kappa shape index (κ3) is 3.04. The summed E-state index contributed by atoms with van der Waals surface area (Å²) >= 11 is 0. The van der Waals surface area contributed by atoms with E-state index in [2.05, 4.69) is 50.1 Å². The molecule has 0 unspecified atom stereocenters. The maximum absolute atomic E-state index is 5.63. The fourth-order valence-electron chi connectivity index (χ4n) is 2.52. The van der Waals surface area contributed by atoms with Gasteiger partial charge in [-0.25, -0.2) is 4.98 Å². The van der Waals surface area contributed by atoms with E-state index in [1.807, 2.05) is 0 Å². The molecule has 0 saturated heterocycles. The number of rotatable bonds is 5. The van der Waals surface area contributed by atoms with E-state index in [-0.39, 0.29) is 0 Å². The lowest BCUT2D eigenvalue weighted by atomic mass is 9.97. The predicted octanol–water partition coefficient (Wildman–Crippen LogP) is 3.77. The van der Waals surface area contributed by atoms with Crippen molar-refractivity contribution in [1.82, 2.24) is 10.3 Å². The molecule has 3 nitrogen and oxygen atoms in total. The minimum atomic E-state index is 0.756. The van der Waals surface area contributed by atoms with Crippen molar-refractivity contribution >= 4 is 0 Å². The molecule has 0 bridgehead atoms. The zero-order chi connectivity index (χ0) is 13.8. The molecule has 2 rings (SSSR count). The molecule has 1 N–H and O–H groups in total. The Morgan fingerprint density at radius 2 is 1.84 bits per heavy atom. The van der Waals surface area contributed by atoms with E-state index in [1.54, 1.807) is 0 Å². The van der Waals surface area contributed by atoms with Gasteiger partial charge in [-0.1, -0.05) is 24.6 Å². The molecular formula is C16H22N2O. The molecular weight excluding hydrogens is 236 g/mol. The highest BCUT2D eigenvalue weighted by Gasteiger charge is 2.15. The van der Waals surface area contributed by atoms with Crippen molar-refractivity contribution in [2.24, 2.45) is 0 Å². The summed E-state index contributed by atoms with van der Waals surface area (Å²) in [6.07, 6.45) is 2.66. The first-order chi connectivity index (χ1) is 9.13. The highest BCUT2D eigenvalue weighted by atomic mass is 16.3. The monoisotopic (exact) mass is 258 g/mol. The summed E-state index contributed by atoms with van der Waals surface area (Å²) in [6, 6.07) is 4.38. The SMILES string of the molecule is CCCNCc1ncoc1-c1c(C)cc(C)cc1C. The van der Waals surface area contributed by atoms with E-state index < -0.39 is 0 Å². The Morgan fingerprint density at radius 1 is 1.16 bits per heavy atom. The zero-order valence-corrected chi connectivity index (χ0v) is 12.2. The lowest BCUT2D eigenvalue weighted by Gasteiger charge is -2.10. The molecule has 0 spiro atoms. The molecule has 102 valence electrons. The Kier molecular flexibility index (Phi) is 4.38. The number of aromatic nitrogens is 1. The summed E-state index contributed by atoms with van der Waals surface area (Å²) in [7, 11) is 0. The summed E-state index contributed by atoms with van der Waals surface area (Å²) in [5, 5.41) is 3.38. The van der Waals surface area contributed by atoms with Gasteiger partial charge in [0.15, 0.2) is 12.2 Å². The summed E-state index contributed by atoms with van der Waals surface area (Å²) in [6.45, 7) is 10.3. The molecule has 0 radical (unpaired) electrons. The van der Waals surface area contributed by atoms with Crippen molar-refractivity contribution < 1.29 is 4.42 Å². The van der Waals surface area contributed by atoms with E-state index >= 15 is 0 Å². The van der Waals surface area contributed by atoms with Crippen molar-refractivity contribution in [3.63, 3.8) is 0 Å². The van der Waals surface area contributed by atoms with Gasteiger partial charge in [-0.15, -0.1) is 0 Å². The lowest BCUT2D eigenvalue weighted by molar-refractivity contribution is 0.568. The van der Waals surface area contributed by atoms with Crippen LogP contribution >= 0.6 is 0 Å². The van der Waals surface area contributed by atoms with Crippen LogP contribution in [-0.4, -0.2) is 11.5 Å². The van der Waals surface area contributed by atoms with Gasteiger partial charge in [0.1, 0.15) is 5.69 Å². The Balaban J connectivity index is 2.35. The topological polar surface area (TPSA) is 38.1 Å². The van der Waals surface area contributed by atoms with E-state index in [9.17, 15) is 0 Å². The van der Waals surface area contributed by atoms with E-state index in [4.69, 9.17) is 4.42 Å². The predicted molar refractivity (Wildman–Crippen MR) is 78.1 cm³/mol. The largest absolute Gasteiger partial charge is 0.443 e. The van der Waals surface area contributed by atoms with Crippen LogP contribution in [-0.2, 0) is 6.54 Å². The molecule has 0 aliphatic carbocycles. The first-order valence-electron chi connectivity index (χ1n) is 6.84. The van der Waals surface area contributed by atoms with Gasteiger partial charge in [0.25, 0.3) is 0 Å². The van der Waals surface area contributed by atoms with Crippen LogP contribution in [0.5, 0.6) is 0 Å². The van der Waals surface area contributed by atoms with E-state index in [0.29, 0.717) is 0 Å². The fraction of sp³-hybridized carbons (Fsp3) is 0.438. The molecule has 0 fully saturated rings. The number of hydrogen-bond acceptors (Lipinski definition) is 3. The van der Waals surface area contributed by atoms with Gasteiger partial charge in [0, 0.05) is 12.1 Å². The molecule has 1 aromatic heterocycles. The summed E-state index contributed by atoms with van der Waals surface area (Å²) in [5.41, 5.74) is 5.93. The highest BCUT2D eigenvalue weighted by Crippen LogP contribution is 2.30. The average Bonchev–Trinajstić information content (AvgIpc) is 2.76. The Hall–Kier alpha value is -1.61. The van der Waals surface area contributed by atoms with Crippen molar-refractivity contribution in [2.75, 3.05) is 6.54 Å². The first kappa shape index (κ1) is 13.8. The molecule has 3 heteroatoms. The molecule has 19 heavy (non-hydrogen) atoms. The van der Waals surface area contributed by atoms with Crippen LogP contribution in [0.4, 0.5) is 0 Å². The molecule has 0 atom stereocenters. The quantitative estimate of drug-likeness (QED) is 0.830. The molecule has 0 aliphatic heterocycles. The van der Waals surface area contributed by atoms with Crippen LogP contribution in [0.2, 0.25) is 0 Å². The molecule has 2 aromatic rings. The molecule has 1 heterocycles. The third-order valence-corrected chi connectivity index (χ3v) is 3.26. The van der Waals surface area contributed by atoms with Gasteiger partial charge in [-0.05, 0) is 44.9 Å². The maximum atomic E-state index is 5.63. The number of oxazole rings is 1. The standard InChI is InChI=1S/C16H22N2O/c1-5-6-17-9-14-16(19-10-18-14)15-12(3)7-11(2)8-13(15)4/h7-8,10,17H,5-6,9H2,1-4H3. The van der Waals surface area contributed by atoms with E-state index in [1.165, 1.54) is 28.6 Å². The van der Waals surface area contributed by atoms with Crippen LogP contribution < -0.4 is 5.32 Å². The van der Waals surface area contributed by atoms with Crippen LogP contribution in [0.1, 0.15) is 35.7 Å². The molecule has 0 saturated carbocycles. The fourth-order valence-corrected chi connectivity index (χ4v) is 2.52. The van der Waals surface area contributed by atoms with Gasteiger partial charge in [0.05, 0.1) is 0 Å². The van der Waals surface area contributed by atoms with Crippen molar-refractivity contribution in [1.29, 1.82) is 0 Å². The first-order valence-corrected chi connectivity index (χ1v) is 6.84. The second-order valence-electron chi connectivity index (χ2n) is 5.08. The number of hydrogen-bond donors (Lipinski definition) is 1. The molecule has 1 aromatic carbocycles. The highest BCUT2D eigenvalue weighted by molar-refractivity contribution is 5.68. The smallest absolute Gasteiger partial charge is 0.181 e. The Labute approximate surface area is 115 Å². The molecule has 0 amide bonds. The maximum Gasteiger partial charge on any atom is 0.181 e. The van der Waals surface area contributed by atoms with Gasteiger partial charge in [-0.3, -0.25) is 0 Å². The number of nitrogens with zero attached hydrogens (tertiary/aromatic N) is 1. The minimum absolute atomic E-state index is 0.756. The van der Waals surface area contributed by atoms with Crippen LogP contribution in [0.3, 0.4) is 0 Å². The van der Waals surface area contributed by atoms with Crippen LogP contribution in [0.15, 0.2) is 22.9 Å². The van der Waals surface area contributed by atoms with Crippen LogP contribution in [0.25, 0.3) is 11.3 Å². The second-order valence-corrected chi connectivity index (χ2v) is 5.08. The zero-order valence-electron chi connectivity index (χ0n) is 12.2. The number of aryl methyl sites for hydroxylation is 3. The van der Waals surface area contributed by atoms with Gasteiger partial charge >= 0.3 is 0 Å². The van der Waals surface area contributed by atoms with Crippen molar-refractivity contribution in [2.45, 2.75) is 40.7 Å². The summed E-state index contributed by atoms with van der Waals surface area (Å²) in [5.74, 6) is 0.901. The number of nitrogens with one attached hydrogen (secondary N) is 1. The Bertz CT molecular complexity index is 535. The number of benzene rings is 1. The Morgan fingerprint density at radius 3 is 2.47 bits per heavy atom. The van der Waals surface area contributed by atoms with Gasteiger partial charge in [-0.2, -0.15) is 0 Å².